The summed E-state index contributed by atoms with van der Waals surface area (Å²) < 4.78 is 0. The third-order valence-electron chi connectivity index (χ3n) is 4.20. The molecule has 0 radical (unpaired) electrons. The largest absolute Gasteiger partial charge is 0.291 e. The van der Waals surface area contributed by atoms with Crippen LogP contribution in [0.2, 0.25) is 0 Å². The molecule has 0 amide bonds. The summed E-state index contributed by atoms with van der Waals surface area (Å²) in [5.41, 5.74) is 1.02. The highest BCUT2D eigenvalue weighted by molar-refractivity contribution is 7.09. The van der Waals surface area contributed by atoms with E-state index in [0.717, 1.165) is 18.0 Å². The van der Waals surface area contributed by atoms with Gasteiger partial charge in [0.2, 0.25) is 0 Å². The Morgan fingerprint density at radius 2 is 2.33 bits per heavy atom. The minimum absolute atomic E-state index is 0.477. The van der Waals surface area contributed by atoms with E-state index in [1.54, 1.807) is 11.3 Å². The summed E-state index contributed by atoms with van der Waals surface area (Å²) in [6.45, 7) is 8.20. The molecule has 1 saturated heterocycles. The van der Waals surface area contributed by atoms with Crippen molar-refractivity contribution in [3.63, 3.8) is 0 Å². The van der Waals surface area contributed by atoms with Crippen LogP contribution in [0.5, 0.6) is 0 Å². The average Bonchev–Trinajstić information content (AvgIpc) is 2.84. The van der Waals surface area contributed by atoms with Gasteiger partial charge in [-0.3, -0.25) is 4.90 Å². The Bertz CT molecular complexity index is 380. The van der Waals surface area contributed by atoms with Gasteiger partial charge in [0.05, 0.1) is 17.6 Å². The molecule has 0 bridgehead atoms. The number of hydrogen-bond acceptors (Lipinski definition) is 3. The van der Waals surface area contributed by atoms with Gasteiger partial charge in [-0.15, -0.1) is 22.9 Å². The predicted molar refractivity (Wildman–Crippen MR) is 79.3 cm³/mol. The molecule has 1 aromatic rings. The van der Waals surface area contributed by atoms with E-state index >= 15 is 0 Å². The van der Waals surface area contributed by atoms with E-state index in [1.807, 2.05) is 0 Å². The topological polar surface area (TPSA) is 16.1 Å². The molecule has 102 valence electrons. The molecular weight excluding hydrogens is 264 g/mol. The van der Waals surface area contributed by atoms with Crippen molar-refractivity contribution < 1.29 is 0 Å². The van der Waals surface area contributed by atoms with Gasteiger partial charge in [-0.2, -0.15) is 0 Å². The van der Waals surface area contributed by atoms with Gasteiger partial charge in [0.15, 0.2) is 0 Å². The average molecular weight is 287 g/mol. The van der Waals surface area contributed by atoms with Gasteiger partial charge in [-0.25, -0.2) is 4.98 Å². The van der Waals surface area contributed by atoms with E-state index in [2.05, 4.69) is 36.0 Å². The highest BCUT2D eigenvalue weighted by Crippen LogP contribution is 2.34. The molecule has 2 nitrogen and oxygen atoms in total. The lowest BCUT2D eigenvalue weighted by atomic mass is 9.90. The Morgan fingerprint density at radius 3 is 2.94 bits per heavy atom. The standard InChI is InChI=1S/C14H23ClN2S/c1-4-13(14-16-12(8-15)9-18-14)17-7-5-6-10(2)11(17)3/h9-11,13H,4-8H2,1-3H3. The third-order valence-corrected chi connectivity index (χ3v) is 5.47. The first-order valence-electron chi connectivity index (χ1n) is 6.93. The SMILES string of the molecule is CCC(c1nc(CCl)cs1)N1CCCC(C)C1C. The molecule has 1 aromatic heterocycles. The summed E-state index contributed by atoms with van der Waals surface area (Å²) in [6, 6.07) is 1.14. The number of piperidine rings is 1. The first-order chi connectivity index (χ1) is 8.67. The van der Waals surface area contributed by atoms with Crippen LogP contribution in [0, 0.1) is 5.92 Å². The second-order valence-electron chi connectivity index (χ2n) is 5.33. The van der Waals surface area contributed by atoms with Crippen molar-refractivity contribution in [2.45, 2.75) is 58.0 Å². The number of halogens is 1. The van der Waals surface area contributed by atoms with Crippen molar-refractivity contribution in [2.75, 3.05) is 6.54 Å². The molecule has 1 aliphatic rings. The molecule has 4 heteroatoms. The summed E-state index contributed by atoms with van der Waals surface area (Å²) in [4.78, 5) is 7.32. The second kappa shape index (κ2) is 6.36. The number of alkyl halides is 1. The van der Waals surface area contributed by atoms with E-state index in [4.69, 9.17) is 11.6 Å². The number of thiazole rings is 1. The van der Waals surface area contributed by atoms with Crippen molar-refractivity contribution >= 4 is 22.9 Å². The van der Waals surface area contributed by atoms with Crippen LogP contribution in [0.4, 0.5) is 0 Å². The number of hydrogen-bond donors (Lipinski definition) is 0. The van der Waals surface area contributed by atoms with Crippen molar-refractivity contribution in [2.24, 2.45) is 5.92 Å². The zero-order valence-electron chi connectivity index (χ0n) is 11.5. The molecule has 0 N–H and O–H groups in total. The summed E-state index contributed by atoms with van der Waals surface area (Å²) in [6.07, 6.45) is 3.81. The van der Waals surface area contributed by atoms with Gasteiger partial charge in [-0.1, -0.05) is 13.8 Å². The van der Waals surface area contributed by atoms with Gasteiger partial charge in [0.1, 0.15) is 5.01 Å². The quantitative estimate of drug-likeness (QED) is 0.760. The smallest absolute Gasteiger partial charge is 0.110 e. The fourth-order valence-corrected chi connectivity index (χ4v) is 4.15. The Morgan fingerprint density at radius 1 is 1.56 bits per heavy atom. The van der Waals surface area contributed by atoms with Gasteiger partial charge >= 0.3 is 0 Å². The Hall–Kier alpha value is -0.120. The van der Waals surface area contributed by atoms with Crippen LogP contribution in [0.25, 0.3) is 0 Å². The molecule has 0 aromatic carbocycles. The van der Waals surface area contributed by atoms with Crippen LogP contribution in [0.1, 0.15) is 56.8 Å². The van der Waals surface area contributed by atoms with E-state index in [9.17, 15) is 0 Å². The van der Waals surface area contributed by atoms with Crippen LogP contribution in [-0.2, 0) is 5.88 Å². The first kappa shape index (κ1) is 14.3. The van der Waals surface area contributed by atoms with Crippen molar-refractivity contribution in [3.05, 3.63) is 16.1 Å². The van der Waals surface area contributed by atoms with E-state index in [-0.39, 0.29) is 0 Å². The number of rotatable bonds is 4. The highest BCUT2D eigenvalue weighted by atomic mass is 35.5. The monoisotopic (exact) mass is 286 g/mol. The summed E-state index contributed by atoms with van der Waals surface area (Å²) >= 11 is 7.62. The van der Waals surface area contributed by atoms with Crippen LogP contribution in [0.15, 0.2) is 5.38 Å². The molecule has 18 heavy (non-hydrogen) atoms. The molecule has 1 aliphatic heterocycles. The number of aromatic nitrogens is 1. The Balaban J connectivity index is 2.16. The first-order valence-corrected chi connectivity index (χ1v) is 8.34. The van der Waals surface area contributed by atoms with Crippen LogP contribution in [0.3, 0.4) is 0 Å². The van der Waals surface area contributed by atoms with Gasteiger partial charge in [0.25, 0.3) is 0 Å². The van der Waals surface area contributed by atoms with E-state index in [0.29, 0.717) is 18.0 Å². The van der Waals surface area contributed by atoms with Crippen molar-refractivity contribution in [1.29, 1.82) is 0 Å². The van der Waals surface area contributed by atoms with E-state index < -0.39 is 0 Å². The Kier molecular flexibility index (Phi) is 5.05. The summed E-state index contributed by atoms with van der Waals surface area (Å²) in [5, 5.41) is 3.34. The fraction of sp³-hybridized carbons (Fsp3) is 0.786. The van der Waals surface area contributed by atoms with Crippen molar-refractivity contribution in [1.82, 2.24) is 9.88 Å². The molecule has 2 heterocycles. The molecule has 0 saturated carbocycles. The maximum atomic E-state index is 5.86. The van der Waals surface area contributed by atoms with Crippen LogP contribution in [-0.4, -0.2) is 22.5 Å². The maximum Gasteiger partial charge on any atom is 0.110 e. The molecule has 0 aliphatic carbocycles. The molecule has 0 spiro atoms. The lowest BCUT2D eigenvalue weighted by Crippen LogP contribution is -2.44. The molecule has 3 atom stereocenters. The minimum atomic E-state index is 0.477. The normalized spacial score (nSPS) is 27.3. The van der Waals surface area contributed by atoms with E-state index in [1.165, 1.54) is 24.4 Å². The lowest BCUT2D eigenvalue weighted by molar-refractivity contribution is 0.0654. The zero-order valence-corrected chi connectivity index (χ0v) is 13.1. The van der Waals surface area contributed by atoms with Gasteiger partial charge in [-0.05, 0) is 38.6 Å². The van der Waals surface area contributed by atoms with Crippen molar-refractivity contribution in [3.8, 4) is 0 Å². The highest BCUT2D eigenvalue weighted by Gasteiger charge is 2.31. The summed E-state index contributed by atoms with van der Waals surface area (Å²) in [7, 11) is 0. The number of likely N-dealkylation sites (tertiary alicyclic amines) is 1. The molecule has 2 rings (SSSR count). The fourth-order valence-electron chi connectivity index (χ4n) is 2.90. The van der Waals surface area contributed by atoms with Crippen LogP contribution < -0.4 is 0 Å². The maximum absolute atomic E-state index is 5.86. The second-order valence-corrected chi connectivity index (χ2v) is 6.49. The molecule has 1 fully saturated rings. The molecular formula is C14H23ClN2S. The summed E-state index contributed by atoms with van der Waals surface area (Å²) in [5.74, 6) is 1.32. The van der Waals surface area contributed by atoms with Gasteiger partial charge in [0, 0.05) is 11.4 Å². The Labute approximate surface area is 119 Å². The minimum Gasteiger partial charge on any atom is -0.291 e. The zero-order chi connectivity index (χ0) is 13.1. The third kappa shape index (κ3) is 2.89. The molecule has 3 unspecified atom stereocenters. The number of nitrogens with zero attached hydrogens (tertiary/aromatic N) is 2. The predicted octanol–water partition coefficient (Wildman–Crippen LogP) is 4.45. The van der Waals surface area contributed by atoms with Gasteiger partial charge < -0.3 is 0 Å². The lowest BCUT2D eigenvalue weighted by Gasteiger charge is -2.42. The van der Waals surface area contributed by atoms with Crippen LogP contribution >= 0.6 is 22.9 Å².